The molecule has 2 aromatic carbocycles. The Morgan fingerprint density at radius 3 is 1.52 bits per heavy atom. The number of nitrogens with zero attached hydrogens (tertiary/aromatic N) is 4. The first-order chi connectivity index (χ1) is 19.4. The zero-order valence-corrected chi connectivity index (χ0v) is 23.1. The largest absolute Gasteiger partial charge is 0.481 e. The number of nitrogens with one attached hydrogen (secondary N) is 2. The van der Waals surface area contributed by atoms with Crippen molar-refractivity contribution in [3.05, 3.63) is 70.7 Å². The second kappa shape index (κ2) is 10.8. The van der Waals surface area contributed by atoms with Crippen LogP contribution < -0.4 is 20.1 Å². The minimum absolute atomic E-state index is 0.228. The molecule has 6 aromatic rings. The standard InChI is InChI=1S/C29H24Cl2N6O3/c1-39-24-9-7-20-28(36-24)26(18-5-3-15(30)11-22(18)34-20)32-13-17(38)14-33-27-19-6-4-16(31)12-23(19)35-21-8-10-25(40-2)37-29(21)27/h3-12,17,38H,13-14H2,1-2H3,(H,32,34)(H,33,35). The first kappa shape index (κ1) is 26.1. The first-order valence-electron chi connectivity index (χ1n) is 12.5. The number of benzene rings is 2. The Kier molecular flexibility index (Phi) is 7.02. The van der Waals surface area contributed by atoms with Gasteiger partial charge in [0.25, 0.3) is 0 Å². The van der Waals surface area contributed by atoms with Crippen LogP contribution in [0.25, 0.3) is 43.9 Å². The van der Waals surface area contributed by atoms with Crippen molar-refractivity contribution in [2.45, 2.75) is 6.10 Å². The Bertz CT molecular complexity index is 1770. The Balaban J connectivity index is 1.31. The van der Waals surface area contributed by atoms with Crippen LogP contribution in [0.1, 0.15) is 0 Å². The average molecular weight is 575 g/mol. The second-order valence-corrected chi connectivity index (χ2v) is 10.0. The Labute approximate surface area is 239 Å². The molecule has 0 amide bonds. The number of hydrogen-bond donors (Lipinski definition) is 3. The molecule has 0 fully saturated rings. The molecule has 6 rings (SSSR count). The van der Waals surface area contributed by atoms with Crippen LogP contribution in [0.15, 0.2) is 60.7 Å². The summed E-state index contributed by atoms with van der Waals surface area (Å²) in [5.41, 5.74) is 5.53. The number of fused-ring (bicyclic) bond motifs is 4. The van der Waals surface area contributed by atoms with Crippen LogP contribution in [0, 0.1) is 0 Å². The Morgan fingerprint density at radius 2 is 1.10 bits per heavy atom. The number of hydrogen-bond acceptors (Lipinski definition) is 9. The summed E-state index contributed by atoms with van der Waals surface area (Å²) in [6.07, 6.45) is -0.785. The lowest BCUT2D eigenvalue weighted by Gasteiger charge is -2.18. The monoisotopic (exact) mass is 574 g/mol. The van der Waals surface area contributed by atoms with Crippen LogP contribution in [-0.2, 0) is 0 Å². The summed E-state index contributed by atoms with van der Waals surface area (Å²) in [6, 6.07) is 18.2. The number of aliphatic hydroxyl groups is 1. The first-order valence-corrected chi connectivity index (χ1v) is 13.2. The normalized spacial score (nSPS) is 11.6. The van der Waals surface area contributed by atoms with Crippen molar-refractivity contribution in [1.82, 2.24) is 19.9 Å². The molecule has 0 saturated carbocycles. The molecule has 9 nitrogen and oxygen atoms in total. The fourth-order valence-corrected chi connectivity index (χ4v) is 4.98. The van der Waals surface area contributed by atoms with Gasteiger partial charge in [-0.2, -0.15) is 0 Å². The van der Waals surface area contributed by atoms with E-state index in [0.717, 1.165) is 33.2 Å². The van der Waals surface area contributed by atoms with Crippen molar-refractivity contribution in [3.63, 3.8) is 0 Å². The average Bonchev–Trinajstić information content (AvgIpc) is 2.96. The highest BCUT2D eigenvalue weighted by Gasteiger charge is 2.16. The van der Waals surface area contributed by atoms with Gasteiger partial charge in [0, 0.05) is 46.0 Å². The van der Waals surface area contributed by atoms with E-state index < -0.39 is 6.10 Å². The number of aromatic nitrogens is 4. The zero-order valence-electron chi connectivity index (χ0n) is 21.6. The van der Waals surface area contributed by atoms with Gasteiger partial charge in [-0.1, -0.05) is 23.2 Å². The molecule has 0 unspecified atom stereocenters. The predicted octanol–water partition coefficient (Wildman–Crippen LogP) is 6.09. The second-order valence-electron chi connectivity index (χ2n) is 9.15. The molecular weight excluding hydrogens is 551 g/mol. The molecule has 3 N–H and O–H groups in total. The van der Waals surface area contributed by atoms with Crippen molar-refractivity contribution in [2.24, 2.45) is 0 Å². The van der Waals surface area contributed by atoms with E-state index in [1.165, 1.54) is 0 Å². The highest BCUT2D eigenvalue weighted by molar-refractivity contribution is 6.32. The van der Waals surface area contributed by atoms with Crippen molar-refractivity contribution >= 4 is 78.4 Å². The van der Waals surface area contributed by atoms with Gasteiger partial charge in [0.2, 0.25) is 11.8 Å². The molecule has 0 spiro atoms. The summed E-state index contributed by atoms with van der Waals surface area (Å²) in [5.74, 6) is 0.930. The molecule has 0 radical (unpaired) electrons. The van der Waals surface area contributed by atoms with Crippen LogP contribution in [0.4, 0.5) is 11.4 Å². The quantitative estimate of drug-likeness (QED) is 0.186. The molecule has 0 bridgehead atoms. The van der Waals surface area contributed by atoms with Crippen molar-refractivity contribution in [3.8, 4) is 11.8 Å². The number of anilines is 2. The minimum atomic E-state index is -0.785. The summed E-state index contributed by atoms with van der Waals surface area (Å²) >= 11 is 12.5. The molecule has 0 atom stereocenters. The Hall–Kier alpha value is -4.18. The van der Waals surface area contributed by atoms with Crippen LogP contribution >= 0.6 is 23.2 Å². The maximum atomic E-state index is 11.1. The van der Waals surface area contributed by atoms with Crippen LogP contribution in [0.2, 0.25) is 10.0 Å². The fourth-order valence-electron chi connectivity index (χ4n) is 4.65. The highest BCUT2D eigenvalue weighted by Crippen LogP contribution is 2.34. The zero-order chi connectivity index (χ0) is 27.8. The molecule has 4 heterocycles. The van der Waals surface area contributed by atoms with Gasteiger partial charge in [-0.3, -0.25) is 0 Å². The van der Waals surface area contributed by atoms with Crippen molar-refractivity contribution in [1.29, 1.82) is 0 Å². The number of rotatable bonds is 8. The third-order valence-electron chi connectivity index (χ3n) is 6.56. The van der Waals surface area contributed by atoms with E-state index in [2.05, 4.69) is 20.6 Å². The fraction of sp³-hybridized carbons (Fsp3) is 0.172. The van der Waals surface area contributed by atoms with E-state index in [-0.39, 0.29) is 13.1 Å². The van der Waals surface area contributed by atoms with E-state index in [1.807, 2.05) is 24.3 Å². The highest BCUT2D eigenvalue weighted by atomic mass is 35.5. The van der Waals surface area contributed by atoms with E-state index in [4.69, 9.17) is 42.6 Å². The lowest BCUT2D eigenvalue weighted by molar-refractivity contribution is 0.201. The topological polar surface area (TPSA) is 114 Å². The molecular formula is C29H24Cl2N6O3. The Morgan fingerprint density at radius 1 is 0.650 bits per heavy atom. The number of aliphatic hydroxyl groups excluding tert-OH is 1. The summed E-state index contributed by atoms with van der Waals surface area (Å²) < 4.78 is 10.7. The van der Waals surface area contributed by atoms with Gasteiger partial charge < -0.3 is 25.2 Å². The maximum absolute atomic E-state index is 11.1. The third kappa shape index (κ3) is 4.95. The van der Waals surface area contributed by atoms with Crippen molar-refractivity contribution < 1.29 is 14.6 Å². The molecule has 40 heavy (non-hydrogen) atoms. The van der Waals surface area contributed by atoms with Crippen LogP contribution in [-0.4, -0.2) is 58.5 Å². The molecule has 202 valence electrons. The molecule has 0 aliphatic heterocycles. The molecule has 0 aliphatic rings. The lowest BCUT2D eigenvalue weighted by Crippen LogP contribution is -2.28. The van der Waals surface area contributed by atoms with Crippen molar-refractivity contribution in [2.75, 3.05) is 37.9 Å². The summed E-state index contributed by atoms with van der Waals surface area (Å²) in [5, 5.41) is 20.6. The lowest BCUT2D eigenvalue weighted by atomic mass is 10.1. The van der Waals surface area contributed by atoms with E-state index >= 15 is 0 Å². The van der Waals surface area contributed by atoms with Gasteiger partial charge in [0.1, 0.15) is 11.0 Å². The molecule has 0 aliphatic carbocycles. The number of pyridine rings is 4. The number of methoxy groups -OCH3 is 2. The minimum Gasteiger partial charge on any atom is -0.481 e. The van der Waals surface area contributed by atoms with E-state index in [1.54, 1.807) is 50.6 Å². The van der Waals surface area contributed by atoms with Gasteiger partial charge in [-0.15, -0.1) is 0 Å². The summed E-state index contributed by atoms with van der Waals surface area (Å²) in [7, 11) is 3.13. The van der Waals surface area contributed by atoms with E-state index in [9.17, 15) is 5.11 Å². The van der Waals surface area contributed by atoms with Crippen LogP contribution in [0.3, 0.4) is 0 Å². The van der Waals surface area contributed by atoms with Gasteiger partial charge in [0.05, 0.1) is 53.8 Å². The maximum Gasteiger partial charge on any atom is 0.213 e. The third-order valence-corrected chi connectivity index (χ3v) is 7.03. The molecule has 11 heteroatoms. The smallest absolute Gasteiger partial charge is 0.213 e. The van der Waals surface area contributed by atoms with Crippen LogP contribution in [0.5, 0.6) is 11.8 Å². The molecule has 4 aromatic heterocycles. The van der Waals surface area contributed by atoms with Gasteiger partial charge in [0.15, 0.2) is 0 Å². The SMILES string of the molecule is COc1ccc2nc3cc(Cl)ccc3c(NCC(O)CNc3c4ccc(Cl)cc4nc4ccc(OC)nc34)c2n1. The number of halogens is 2. The molecule has 0 saturated heterocycles. The van der Waals surface area contributed by atoms with Gasteiger partial charge in [-0.25, -0.2) is 19.9 Å². The van der Waals surface area contributed by atoms with E-state index in [0.29, 0.717) is 43.9 Å². The van der Waals surface area contributed by atoms with Gasteiger partial charge in [-0.05, 0) is 48.5 Å². The number of ether oxygens (including phenoxy) is 2. The summed E-state index contributed by atoms with van der Waals surface area (Å²) in [4.78, 5) is 18.6. The predicted molar refractivity (Wildman–Crippen MR) is 160 cm³/mol. The summed E-state index contributed by atoms with van der Waals surface area (Å²) in [6.45, 7) is 0.457. The van der Waals surface area contributed by atoms with Gasteiger partial charge >= 0.3 is 0 Å².